The van der Waals surface area contributed by atoms with Gasteiger partial charge in [-0.3, -0.25) is 9.59 Å². The van der Waals surface area contributed by atoms with Crippen LogP contribution in [0, 0.1) is 5.92 Å². The average Bonchev–Trinajstić information content (AvgIpc) is 2.70. The lowest BCUT2D eigenvalue weighted by Gasteiger charge is -2.22. The van der Waals surface area contributed by atoms with Gasteiger partial charge in [-0.15, -0.1) is 0 Å². The fourth-order valence-corrected chi connectivity index (χ4v) is 3.08. The quantitative estimate of drug-likeness (QED) is 0.598. The molecule has 0 aliphatic carbocycles. The molecule has 29 heavy (non-hydrogen) atoms. The second-order valence-electron chi connectivity index (χ2n) is 7.79. The van der Waals surface area contributed by atoms with Crippen molar-refractivity contribution in [1.82, 2.24) is 10.6 Å². The summed E-state index contributed by atoms with van der Waals surface area (Å²) in [6, 6.07) is 14.3. The molecule has 0 aliphatic heterocycles. The number of carbonyl (C=O) groups is 2. The Balaban J connectivity index is 2.03. The van der Waals surface area contributed by atoms with Crippen LogP contribution in [-0.4, -0.2) is 39.1 Å². The Morgan fingerprint density at radius 2 is 1.62 bits per heavy atom. The molecule has 0 heterocycles. The Morgan fingerprint density at radius 1 is 1.00 bits per heavy atom. The van der Waals surface area contributed by atoms with Crippen LogP contribution in [0.15, 0.2) is 48.5 Å². The minimum atomic E-state index is -0.615. The molecule has 1 atom stereocenters. The molecule has 0 bridgehead atoms. The summed E-state index contributed by atoms with van der Waals surface area (Å²) in [7, 11) is 5.77. The van der Waals surface area contributed by atoms with E-state index in [0.29, 0.717) is 17.9 Å². The molecule has 0 spiro atoms. The Kier molecular flexibility index (Phi) is 8.21. The highest BCUT2D eigenvalue weighted by molar-refractivity contribution is 5.97. The zero-order valence-electron chi connectivity index (χ0n) is 17.9. The number of nitrogens with one attached hydrogen (secondary N) is 3. The third-order valence-electron chi connectivity index (χ3n) is 4.70. The van der Waals surface area contributed by atoms with Crippen LogP contribution in [0.4, 0.5) is 0 Å². The van der Waals surface area contributed by atoms with Crippen molar-refractivity contribution in [2.45, 2.75) is 33.0 Å². The topological polar surface area (TPSA) is 71.9 Å². The van der Waals surface area contributed by atoms with Crippen molar-refractivity contribution in [3.8, 4) is 5.75 Å². The molecular formula is C23H32N3O3+. The van der Waals surface area contributed by atoms with E-state index in [-0.39, 0.29) is 17.7 Å². The first-order valence-electron chi connectivity index (χ1n) is 9.90. The number of methoxy groups -OCH3 is 1. The highest BCUT2D eigenvalue weighted by atomic mass is 16.5. The number of hydrogen-bond donors (Lipinski definition) is 3. The number of hydrogen-bond acceptors (Lipinski definition) is 3. The number of quaternary nitrogens is 1. The zero-order valence-corrected chi connectivity index (χ0v) is 17.9. The van der Waals surface area contributed by atoms with Crippen molar-refractivity contribution in [3.05, 3.63) is 65.2 Å². The molecule has 6 nitrogen and oxygen atoms in total. The van der Waals surface area contributed by atoms with Gasteiger partial charge in [-0.2, -0.15) is 0 Å². The minimum absolute atomic E-state index is 0.0429. The van der Waals surface area contributed by atoms with Crippen LogP contribution in [0.2, 0.25) is 0 Å². The molecule has 156 valence electrons. The number of amides is 2. The Labute approximate surface area is 173 Å². The van der Waals surface area contributed by atoms with Crippen LogP contribution in [0.1, 0.15) is 35.3 Å². The number of ether oxygens (including phenoxy) is 1. The van der Waals surface area contributed by atoms with E-state index < -0.39 is 6.04 Å². The molecule has 0 radical (unpaired) electrons. The third-order valence-corrected chi connectivity index (χ3v) is 4.70. The second-order valence-corrected chi connectivity index (χ2v) is 7.79. The molecule has 0 aromatic heterocycles. The summed E-state index contributed by atoms with van der Waals surface area (Å²) in [6.07, 6.45) is 0. The highest BCUT2D eigenvalue weighted by Gasteiger charge is 2.24. The molecule has 3 N–H and O–H groups in total. The average molecular weight is 399 g/mol. The van der Waals surface area contributed by atoms with E-state index >= 15 is 0 Å². The maximum atomic E-state index is 12.8. The summed E-state index contributed by atoms with van der Waals surface area (Å²) in [4.78, 5) is 26.7. The summed E-state index contributed by atoms with van der Waals surface area (Å²) in [5.74, 6) is 0.170. The summed E-state index contributed by atoms with van der Waals surface area (Å²) in [5, 5.41) is 5.84. The summed E-state index contributed by atoms with van der Waals surface area (Å²) >= 11 is 0. The highest BCUT2D eigenvalue weighted by Crippen LogP contribution is 2.13. The van der Waals surface area contributed by atoms with E-state index in [9.17, 15) is 9.59 Å². The van der Waals surface area contributed by atoms with Gasteiger partial charge in [0, 0.05) is 17.7 Å². The van der Waals surface area contributed by atoms with E-state index in [1.54, 1.807) is 31.4 Å². The van der Waals surface area contributed by atoms with Gasteiger partial charge in [0.2, 0.25) is 5.91 Å². The van der Waals surface area contributed by atoms with E-state index in [1.165, 1.54) is 10.5 Å². The van der Waals surface area contributed by atoms with Crippen molar-refractivity contribution < 1.29 is 19.2 Å². The van der Waals surface area contributed by atoms with Gasteiger partial charge in [0.1, 0.15) is 18.3 Å². The molecule has 0 unspecified atom stereocenters. The first kappa shape index (κ1) is 22.4. The summed E-state index contributed by atoms with van der Waals surface area (Å²) in [6.45, 7) is 5.15. The van der Waals surface area contributed by atoms with Crippen LogP contribution in [0.5, 0.6) is 5.75 Å². The monoisotopic (exact) mass is 398 g/mol. The molecule has 0 saturated carbocycles. The standard InChI is InChI=1S/C23H31N3O3/c1-16(2)21(25-22(27)17-10-12-20(29-5)13-11-17)23(28)24-14-18-8-6-7-9-19(18)15-26(3)4/h6-13,16,21H,14-15H2,1-5H3,(H,24,28)(H,25,27)/p+1/t21-/m0/s1. The van der Waals surface area contributed by atoms with Gasteiger partial charge in [-0.25, -0.2) is 0 Å². The lowest BCUT2D eigenvalue weighted by Crippen LogP contribution is -3.04. The maximum Gasteiger partial charge on any atom is 0.251 e. The van der Waals surface area contributed by atoms with E-state index in [1.807, 2.05) is 32.0 Å². The van der Waals surface area contributed by atoms with Crippen molar-refractivity contribution in [3.63, 3.8) is 0 Å². The fraction of sp³-hybridized carbons (Fsp3) is 0.391. The molecule has 0 aliphatic rings. The molecule has 2 aromatic rings. The van der Waals surface area contributed by atoms with Gasteiger partial charge in [-0.05, 0) is 35.7 Å². The molecule has 2 rings (SSSR count). The molecule has 6 heteroatoms. The molecule has 2 amide bonds. The van der Waals surface area contributed by atoms with E-state index in [4.69, 9.17) is 4.74 Å². The summed E-state index contributed by atoms with van der Waals surface area (Å²) < 4.78 is 5.12. The van der Waals surface area contributed by atoms with Crippen LogP contribution >= 0.6 is 0 Å². The van der Waals surface area contributed by atoms with Gasteiger partial charge in [0.25, 0.3) is 5.91 Å². The van der Waals surface area contributed by atoms with Crippen molar-refractivity contribution in [1.29, 1.82) is 0 Å². The molecule has 2 aromatic carbocycles. The lowest BCUT2D eigenvalue weighted by atomic mass is 10.0. The number of benzene rings is 2. The number of rotatable bonds is 9. The van der Waals surface area contributed by atoms with Gasteiger partial charge < -0.3 is 20.3 Å². The zero-order chi connectivity index (χ0) is 21.4. The lowest BCUT2D eigenvalue weighted by molar-refractivity contribution is -0.872. The molecular weight excluding hydrogens is 366 g/mol. The van der Waals surface area contributed by atoms with Crippen LogP contribution in [0.3, 0.4) is 0 Å². The van der Waals surface area contributed by atoms with Crippen molar-refractivity contribution in [2.24, 2.45) is 5.92 Å². The van der Waals surface area contributed by atoms with E-state index in [0.717, 1.165) is 12.1 Å². The smallest absolute Gasteiger partial charge is 0.251 e. The normalized spacial score (nSPS) is 12.0. The van der Waals surface area contributed by atoms with Crippen LogP contribution in [0.25, 0.3) is 0 Å². The van der Waals surface area contributed by atoms with Crippen LogP contribution in [-0.2, 0) is 17.9 Å². The number of carbonyl (C=O) groups excluding carboxylic acids is 2. The van der Waals surface area contributed by atoms with Gasteiger partial charge in [-0.1, -0.05) is 38.1 Å². The molecule has 0 saturated heterocycles. The maximum absolute atomic E-state index is 12.8. The second kappa shape index (κ2) is 10.6. The largest absolute Gasteiger partial charge is 0.497 e. The van der Waals surface area contributed by atoms with Gasteiger partial charge >= 0.3 is 0 Å². The SMILES string of the molecule is COc1ccc(C(=O)N[C@H](C(=O)NCc2ccccc2C[NH+](C)C)C(C)C)cc1. The fourth-order valence-electron chi connectivity index (χ4n) is 3.08. The Morgan fingerprint density at radius 3 is 2.17 bits per heavy atom. The first-order chi connectivity index (χ1) is 13.8. The van der Waals surface area contributed by atoms with Gasteiger partial charge in [0.05, 0.1) is 21.2 Å². The van der Waals surface area contributed by atoms with Crippen molar-refractivity contribution >= 4 is 11.8 Å². The summed E-state index contributed by atoms with van der Waals surface area (Å²) in [5.41, 5.74) is 2.78. The minimum Gasteiger partial charge on any atom is -0.497 e. The van der Waals surface area contributed by atoms with Crippen LogP contribution < -0.4 is 20.3 Å². The first-order valence-corrected chi connectivity index (χ1v) is 9.90. The Bertz CT molecular complexity index is 816. The van der Waals surface area contributed by atoms with Gasteiger partial charge in [0.15, 0.2) is 0 Å². The predicted molar refractivity (Wildman–Crippen MR) is 114 cm³/mol. The molecule has 0 fully saturated rings. The third kappa shape index (κ3) is 6.61. The van der Waals surface area contributed by atoms with Crippen molar-refractivity contribution in [2.75, 3.05) is 21.2 Å². The van der Waals surface area contributed by atoms with E-state index in [2.05, 4.69) is 30.8 Å². The Hall–Kier alpha value is -2.86. The predicted octanol–water partition coefficient (Wildman–Crippen LogP) is 1.41.